The third-order valence-electron chi connectivity index (χ3n) is 3.25. The summed E-state index contributed by atoms with van der Waals surface area (Å²) >= 11 is 0. The minimum atomic E-state index is -0.977. The summed E-state index contributed by atoms with van der Waals surface area (Å²) in [6, 6.07) is 14.4. The fourth-order valence-corrected chi connectivity index (χ4v) is 2.07. The van der Waals surface area contributed by atoms with Crippen molar-refractivity contribution in [2.24, 2.45) is 0 Å². The second-order valence-electron chi connectivity index (χ2n) is 4.88. The summed E-state index contributed by atoms with van der Waals surface area (Å²) in [5.41, 5.74) is 2.90. The van der Waals surface area contributed by atoms with Gasteiger partial charge in [0.15, 0.2) is 11.6 Å². The highest BCUT2D eigenvalue weighted by Crippen LogP contribution is 2.20. The maximum Gasteiger partial charge on any atom is 0.335 e. The molecule has 0 unspecified atom stereocenters. The molecule has 108 valence electrons. The van der Waals surface area contributed by atoms with Gasteiger partial charge in [-0.1, -0.05) is 42.0 Å². The predicted molar refractivity (Wildman–Crippen MR) is 82.4 cm³/mol. The fraction of sp³-hybridized carbons (Fsp3) is 0.0588. The average Bonchev–Trinajstić information content (AvgIpc) is 2.56. The fourth-order valence-electron chi connectivity index (χ4n) is 2.07. The smallest absolute Gasteiger partial charge is 0.335 e. The standard InChI is InChI=1S/C17H13N3O2/c1-11-5-7-12(8-6-11)15-18-10-19-16(20-15)13-3-2-4-14(9-13)17(21)22/h2-10H,1H3,(H,21,22). The number of aromatic nitrogens is 3. The van der Waals surface area contributed by atoms with Crippen LogP contribution in [0.5, 0.6) is 0 Å². The summed E-state index contributed by atoms with van der Waals surface area (Å²) in [6.07, 6.45) is 1.44. The van der Waals surface area contributed by atoms with Crippen molar-refractivity contribution in [3.05, 3.63) is 66.0 Å². The minimum absolute atomic E-state index is 0.204. The van der Waals surface area contributed by atoms with Crippen molar-refractivity contribution < 1.29 is 9.90 Å². The van der Waals surface area contributed by atoms with Crippen LogP contribution in [-0.4, -0.2) is 26.0 Å². The molecule has 5 heteroatoms. The van der Waals surface area contributed by atoms with Crippen LogP contribution in [-0.2, 0) is 0 Å². The van der Waals surface area contributed by atoms with Gasteiger partial charge >= 0.3 is 5.97 Å². The van der Waals surface area contributed by atoms with E-state index in [0.29, 0.717) is 17.2 Å². The number of carboxylic acids is 1. The van der Waals surface area contributed by atoms with Gasteiger partial charge in [-0.05, 0) is 19.1 Å². The molecule has 0 atom stereocenters. The Hall–Kier alpha value is -3.08. The van der Waals surface area contributed by atoms with E-state index < -0.39 is 5.97 Å². The lowest BCUT2D eigenvalue weighted by molar-refractivity contribution is 0.0697. The van der Waals surface area contributed by atoms with Gasteiger partial charge in [-0.3, -0.25) is 0 Å². The van der Waals surface area contributed by atoms with Crippen LogP contribution in [0.15, 0.2) is 54.9 Å². The Labute approximate surface area is 127 Å². The third kappa shape index (κ3) is 2.83. The second kappa shape index (κ2) is 5.73. The summed E-state index contributed by atoms with van der Waals surface area (Å²) in [5, 5.41) is 9.06. The third-order valence-corrected chi connectivity index (χ3v) is 3.25. The van der Waals surface area contributed by atoms with Crippen LogP contribution in [0.1, 0.15) is 15.9 Å². The molecule has 1 N–H and O–H groups in total. The van der Waals surface area contributed by atoms with E-state index in [2.05, 4.69) is 15.0 Å². The molecule has 0 spiro atoms. The molecule has 0 aliphatic rings. The van der Waals surface area contributed by atoms with Crippen LogP contribution in [0.4, 0.5) is 0 Å². The summed E-state index contributed by atoms with van der Waals surface area (Å²) < 4.78 is 0. The first-order valence-corrected chi connectivity index (χ1v) is 6.73. The van der Waals surface area contributed by atoms with Crippen molar-refractivity contribution in [3.63, 3.8) is 0 Å². The molecule has 0 saturated heterocycles. The van der Waals surface area contributed by atoms with Gasteiger partial charge in [-0.2, -0.15) is 0 Å². The van der Waals surface area contributed by atoms with Crippen LogP contribution >= 0.6 is 0 Å². The molecule has 22 heavy (non-hydrogen) atoms. The molecule has 5 nitrogen and oxygen atoms in total. The molecular formula is C17H13N3O2. The zero-order valence-electron chi connectivity index (χ0n) is 11.9. The Balaban J connectivity index is 2.02. The Morgan fingerprint density at radius 1 is 0.955 bits per heavy atom. The van der Waals surface area contributed by atoms with Crippen molar-refractivity contribution in [1.82, 2.24) is 15.0 Å². The molecule has 3 aromatic rings. The Morgan fingerprint density at radius 2 is 1.64 bits per heavy atom. The molecule has 0 saturated carbocycles. The Morgan fingerprint density at radius 3 is 2.32 bits per heavy atom. The number of carboxylic acid groups (broad SMARTS) is 1. The van der Waals surface area contributed by atoms with Gasteiger partial charge in [-0.25, -0.2) is 19.7 Å². The molecule has 0 fully saturated rings. The number of rotatable bonds is 3. The van der Waals surface area contributed by atoms with Gasteiger partial charge in [0.05, 0.1) is 5.56 Å². The largest absolute Gasteiger partial charge is 0.478 e. The number of aromatic carboxylic acids is 1. The normalized spacial score (nSPS) is 10.4. The highest BCUT2D eigenvalue weighted by molar-refractivity contribution is 5.89. The molecular weight excluding hydrogens is 278 g/mol. The van der Waals surface area contributed by atoms with Gasteiger partial charge in [0.1, 0.15) is 6.33 Å². The molecule has 0 aliphatic heterocycles. The monoisotopic (exact) mass is 291 g/mol. The van der Waals surface area contributed by atoms with E-state index in [4.69, 9.17) is 5.11 Å². The van der Waals surface area contributed by atoms with E-state index in [0.717, 1.165) is 11.1 Å². The summed E-state index contributed by atoms with van der Waals surface area (Å²) in [6.45, 7) is 2.01. The lowest BCUT2D eigenvalue weighted by Crippen LogP contribution is -1.98. The number of nitrogens with zero attached hydrogens (tertiary/aromatic N) is 3. The highest BCUT2D eigenvalue weighted by atomic mass is 16.4. The van der Waals surface area contributed by atoms with Gasteiger partial charge in [0.25, 0.3) is 0 Å². The van der Waals surface area contributed by atoms with Crippen LogP contribution < -0.4 is 0 Å². The van der Waals surface area contributed by atoms with Crippen LogP contribution in [0, 0.1) is 6.92 Å². The average molecular weight is 291 g/mol. The van der Waals surface area contributed by atoms with Gasteiger partial charge in [0.2, 0.25) is 0 Å². The van der Waals surface area contributed by atoms with Crippen LogP contribution in [0.25, 0.3) is 22.8 Å². The van der Waals surface area contributed by atoms with Crippen molar-refractivity contribution in [2.45, 2.75) is 6.92 Å². The number of hydrogen-bond acceptors (Lipinski definition) is 4. The molecule has 1 aromatic heterocycles. The van der Waals surface area contributed by atoms with E-state index >= 15 is 0 Å². The molecule has 0 bridgehead atoms. The van der Waals surface area contributed by atoms with Crippen LogP contribution in [0.2, 0.25) is 0 Å². The summed E-state index contributed by atoms with van der Waals surface area (Å²) in [5.74, 6) is 0.0362. The topological polar surface area (TPSA) is 76.0 Å². The predicted octanol–water partition coefficient (Wildman–Crippen LogP) is 3.21. The van der Waals surface area contributed by atoms with E-state index in [9.17, 15) is 4.79 Å². The van der Waals surface area contributed by atoms with E-state index in [-0.39, 0.29) is 5.56 Å². The van der Waals surface area contributed by atoms with Gasteiger partial charge in [-0.15, -0.1) is 0 Å². The van der Waals surface area contributed by atoms with E-state index in [1.807, 2.05) is 31.2 Å². The number of hydrogen-bond donors (Lipinski definition) is 1. The van der Waals surface area contributed by atoms with Crippen molar-refractivity contribution in [3.8, 4) is 22.8 Å². The Kier molecular flexibility index (Phi) is 3.62. The van der Waals surface area contributed by atoms with Crippen molar-refractivity contribution in [1.29, 1.82) is 0 Å². The second-order valence-corrected chi connectivity index (χ2v) is 4.88. The van der Waals surface area contributed by atoms with Gasteiger partial charge < -0.3 is 5.11 Å². The zero-order chi connectivity index (χ0) is 15.5. The molecule has 2 aromatic carbocycles. The molecule has 1 heterocycles. The SMILES string of the molecule is Cc1ccc(-c2ncnc(-c3cccc(C(=O)O)c3)n2)cc1. The minimum Gasteiger partial charge on any atom is -0.478 e. The number of aryl methyl sites for hydroxylation is 1. The maximum atomic E-state index is 11.1. The number of benzene rings is 2. The quantitative estimate of drug-likeness (QED) is 0.801. The number of carbonyl (C=O) groups is 1. The zero-order valence-corrected chi connectivity index (χ0v) is 11.9. The van der Waals surface area contributed by atoms with E-state index in [1.54, 1.807) is 18.2 Å². The van der Waals surface area contributed by atoms with Crippen molar-refractivity contribution >= 4 is 5.97 Å². The lowest BCUT2D eigenvalue weighted by Gasteiger charge is -2.04. The van der Waals surface area contributed by atoms with Crippen LogP contribution in [0.3, 0.4) is 0 Å². The molecule has 0 aliphatic carbocycles. The van der Waals surface area contributed by atoms with Gasteiger partial charge in [0, 0.05) is 11.1 Å². The first-order valence-electron chi connectivity index (χ1n) is 6.73. The molecule has 0 amide bonds. The Bertz CT molecular complexity index is 829. The summed E-state index contributed by atoms with van der Waals surface area (Å²) in [4.78, 5) is 23.8. The first kappa shape index (κ1) is 13.9. The molecule has 0 radical (unpaired) electrons. The first-order chi connectivity index (χ1) is 10.6. The maximum absolute atomic E-state index is 11.1. The summed E-state index contributed by atoms with van der Waals surface area (Å²) in [7, 11) is 0. The van der Waals surface area contributed by atoms with Crippen molar-refractivity contribution in [2.75, 3.05) is 0 Å². The lowest BCUT2D eigenvalue weighted by atomic mass is 10.1. The molecule has 3 rings (SSSR count). The van der Waals surface area contributed by atoms with E-state index in [1.165, 1.54) is 12.4 Å². The highest BCUT2D eigenvalue weighted by Gasteiger charge is 2.09.